The van der Waals surface area contributed by atoms with Gasteiger partial charge in [0.25, 0.3) is 15.0 Å². The van der Waals surface area contributed by atoms with Crippen LogP contribution in [-0.2, 0) is 9.05 Å². The second kappa shape index (κ2) is 6.14. The van der Waals surface area contributed by atoms with E-state index >= 15 is 0 Å². The van der Waals surface area contributed by atoms with E-state index in [-0.39, 0.29) is 10.8 Å². The van der Waals surface area contributed by atoms with Crippen molar-refractivity contribution >= 4 is 25.6 Å². The van der Waals surface area contributed by atoms with E-state index in [1.54, 1.807) is 25.8 Å². The standard InChI is InChI=1S/C14H20ClNO3S/c1-9(2)8-16(5)14(17)13-7-12(20(15,18)19)6-10(3)11(13)4/h6-7,9H,8H2,1-5H3. The molecule has 0 bridgehead atoms. The molecule has 0 N–H and O–H groups in total. The molecule has 112 valence electrons. The van der Waals surface area contributed by atoms with E-state index in [0.29, 0.717) is 18.0 Å². The Morgan fingerprint density at radius 3 is 2.30 bits per heavy atom. The molecule has 0 aliphatic heterocycles. The maximum Gasteiger partial charge on any atom is 0.261 e. The van der Waals surface area contributed by atoms with Crippen molar-refractivity contribution in [3.8, 4) is 0 Å². The van der Waals surface area contributed by atoms with Crippen molar-refractivity contribution in [2.24, 2.45) is 5.92 Å². The van der Waals surface area contributed by atoms with Gasteiger partial charge in [-0.15, -0.1) is 0 Å². The zero-order chi connectivity index (χ0) is 15.7. The minimum atomic E-state index is -3.85. The first-order valence-electron chi connectivity index (χ1n) is 6.35. The molecule has 1 rings (SSSR count). The predicted octanol–water partition coefficient (Wildman–Crippen LogP) is 2.96. The van der Waals surface area contributed by atoms with Gasteiger partial charge in [0, 0.05) is 29.8 Å². The molecule has 0 heterocycles. The van der Waals surface area contributed by atoms with E-state index in [0.717, 1.165) is 11.1 Å². The van der Waals surface area contributed by atoms with E-state index in [2.05, 4.69) is 0 Å². The van der Waals surface area contributed by atoms with Crippen LogP contribution in [0.15, 0.2) is 17.0 Å². The van der Waals surface area contributed by atoms with Gasteiger partial charge in [-0.05, 0) is 43.0 Å². The molecule has 0 aromatic heterocycles. The van der Waals surface area contributed by atoms with Crippen LogP contribution in [0.2, 0.25) is 0 Å². The fraction of sp³-hybridized carbons (Fsp3) is 0.500. The summed E-state index contributed by atoms with van der Waals surface area (Å²) < 4.78 is 22.9. The average molecular weight is 318 g/mol. The number of rotatable bonds is 4. The Morgan fingerprint density at radius 1 is 1.30 bits per heavy atom. The summed E-state index contributed by atoms with van der Waals surface area (Å²) in [5.41, 5.74) is 1.88. The van der Waals surface area contributed by atoms with Crippen molar-refractivity contribution < 1.29 is 13.2 Å². The van der Waals surface area contributed by atoms with Crippen LogP contribution < -0.4 is 0 Å². The summed E-state index contributed by atoms with van der Waals surface area (Å²) >= 11 is 0. The highest BCUT2D eigenvalue weighted by Crippen LogP contribution is 2.23. The summed E-state index contributed by atoms with van der Waals surface area (Å²) in [5.74, 6) is 0.145. The topological polar surface area (TPSA) is 54.5 Å². The molecule has 6 heteroatoms. The number of carbonyl (C=O) groups is 1. The number of nitrogens with zero attached hydrogens (tertiary/aromatic N) is 1. The van der Waals surface area contributed by atoms with Crippen LogP contribution in [0.5, 0.6) is 0 Å². The summed E-state index contributed by atoms with van der Waals surface area (Å²) in [6.07, 6.45) is 0. The maximum absolute atomic E-state index is 12.4. The van der Waals surface area contributed by atoms with Crippen molar-refractivity contribution in [3.63, 3.8) is 0 Å². The Morgan fingerprint density at radius 2 is 1.85 bits per heavy atom. The number of carbonyl (C=O) groups excluding carboxylic acids is 1. The van der Waals surface area contributed by atoms with Crippen LogP contribution in [0, 0.1) is 19.8 Å². The summed E-state index contributed by atoms with van der Waals surface area (Å²) in [5, 5.41) is 0. The lowest BCUT2D eigenvalue weighted by atomic mass is 10.0. The summed E-state index contributed by atoms with van der Waals surface area (Å²) in [7, 11) is 3.23. The molecule has 0 aliphatic rings. The Bertz CT molecular complexity index is 624. The number of aryl methyl sites for hydroxylation is 1. The van der Waals surface area contributed by atoms with Crippen LogP contribution in [0.4, 0.5) is 0 Å². The van der Waals surface area contributed by atoms with Crippen LogP contribution in [0.25, 0.3) is 0 Å². The first-order valence-corrected chi connectivity index (χ1v) is 8.66. The minimum Gasteiger partial charge on any atom is -0.341 e. The van der Waals surface area contributed by atoms with Gasteiger partial charge in [0.2, 0.25) is 0 Å². The fourth-order valence-corrected chi connectivity index (χ4v) is 2.87. The van der Waals surface area contributed by atoms with Gasteiger partial charge in [0.15, 0.2) is 0 Å². The van der Waals surface area contributed by atoms with Crippen molar-refractivity contribution in [2.45, 2.75) is 32.6 Å². The summed E-state index contributed by atoms with van der Waals surface area (Å²) in [6.45, 7) is 8.20. The van der Waals surface area contributed by atoms with Crippen LogP contribution in [0.1, 0.15) is 35.3 Å². The lowest BCUT2D eigenvalue weighted by Crippen LogP contribution is -2.31. The number of amides is 1. The smallest absolute Gasteiger partial charge is 0.261 e. The first kappa shape index (κ1) is 17.0. The lowest BCUT2D eigenvalue weighted by molar-refractivity contribution is 0.0778. The van der Waals surface area contributed by atoms with Gasteiger partial charge >= 0.3 is 0 Å². The van der Waals surface area contributed by atoms with Gasteiger partial charge in [-0.3, -0.25) is 4.79 Å². The molecule has 0 aliphatic carbocycles. The molecule has 0 spiro atoms. The van der Waals surface area contributed by atoms with E-state index in [9.17, 15) is 13.2 Å². The fourth-order valence-electron chi connectivity index (χ4n) is 2.03. The van der Waals surface area contributed by atoms with Gasteiger partial charge in [0.05, 0.1) is 4.90 Å². The van der Waals surface area contributed by atoms with Crippen molar-refractivity contribution in [3.05, 3.63) is 28.8 Å². The van der Waals surface area contributed by atoms with Gasteiger partial charge in [0.1, 0.15) is 0 Å². The Hall–Kier alpha value is -1.07. The van der Waals surface area contributed by atoms with E-state index < -0.39 is 9.05 Å². The lowest BCUT2D eigenvalue weighted by Gasteiger charge is -2.21. The monoisotopic (exact) mass is 317 g/mol. The third-order valence-corrected chi connectivity index (χ3v) is 4.47. The zero-order valence-electron chi connectivity index (χ0n) is 12.4. The van der Waals surface area contributed by atoms with Gasteiger partial charge in [-0.25, -0.2) is 8.42 Å². The van der Waals surface area contributed by atoms with Crippen molar-refractivity contribution in [1.29, 1.82) is 0 Å². The van der Waals surface area contributed by atoms with Crippen molar-refractivity contribution in [1.82, 2.24) is 4.90 Å². The number of benzene rings is 1. The largest absolute Gasteiger partial charge is 0.341 e. The zero-order valence-corrected chi connectivity index (χ0v) is 14.0. The highest BCUT2D eigenvalue weighted by Gasteiger charge is 2.20. The van der Waals surface area contributed by atoms with Gasteiger partial charge in [-0.1, -0.05) is 13.8 Å². The van der Waals surface area contributed by atoms with Gasteiger partial charge in [-0.2, -0.15) is 0 Å². The second-order valence-corrected chi connectivity index (χ2v) is 8.00. The highest BCUT2D eigenvalue weighted by molar-refractivity contribution is 8.13. The number of hydrogen-bond donors (Lipinski definition) is 0. The van der Waals surface area contributed by atoms with Crippen LogP contribution in [0.3, 0.4) is 0 Å². The molecular formula is C14H20ClNO3S. The molecule has 4 nitrogen and oxygen atoms in total. The van der Waals surface area contributed by atoms with Crippen LogP contribution in [-0.4, -0.2) is 32.8 Å². The minimum absolute atomic E-state index is 0.0384. The highest BCUT2D eigenvalue weighted by atomic mass is 35.7. The molecule has 0 radical (unpaired) electrons. The first-order chi connectivity index (χ1) is 9.04. The molecule has 1 aromatic carbocycles. The molecule has 0 unspecified atom stereocenters. The average Bonchev–Trinajstić information content (AvgIpc) is 2.29. The third-order valence-electron chi connectivity index (χ3n) is 3.14. The molecule has 0 saturated carbocycles. The SMILES string of the molecule is Cc1cc(S(=O)(=O)Cl)cc(C(=O)N(C)CC(C)C)c1C. The quantitative estimate of drug-likeness (QED) is 0.802. The number of hydrogen-bond acceptors (Lipinski definition) is 3. The summed E-state index contributed by atoms with van der Waals surface area (Å²) in [4.78, 5) is 14.0. The molecule has 1 amide bonds. The molecule has 0 saturated heterocycles. The molecule has 0 fully saturated rings. The predicted molar refractivity (Wildman–Crippen MR) is 80.8 cm³/mol. The summed E-state index contributed by atoms with van der Waals surface area (Å²) in [6, 6.07) is 2.83. The molecule has 20 heavy (non-hydrogen) atoms. The van der Waals surface area contributed by atoms with Crippen LogP contribution >= 0.6 is 10.7 Å². The Labute approximate surface area is 125 Å². The van der Waals surface area contributed by atoms with E-state index in [1.807, 2.05) is 13.8 Å². The maximum atomic E-state index is 12.4. The third kappa shape index (κ3) is 3.96. The Balaban J connectivity index is 3.31. The molecule has 1 aromatic rings. The van der Waals surface area contributed by atoms with Crippen molar-refractivity contribution in [2.75, 3.05) is 13.6 Å². The number of halogens is 1. The van der Waals surface area contributed by atoms with E-state index in [1.165, 1.54) is 12.1 Å². The second-order valence-electron chi connectivity index (χ2n) is 5.43. The van der Waals surface area contributed by atoms with E-state index in [4.69, 9.17) is 10.7 Å². The normalized spacial score (nSPS) is 11.8. The Kier molecular flexibility index (Phi) is 5.21. The molecule has 0 atom stereocenters. The van der Waals surface area contributed by atoms with Gasteiger partial charge < -0.3 is 4.90 Å². The molecular weight excluding hydrogens is 298 g/mol.